The highest BCUT2D eigenvalue weighted by Crippen LogP contribution is 2.27. The molecule has 1 aromatic rings. The van der Waals surface area contributed by atoms with Gasteiger partial charge in [0.2, 0.25) is 0 Å². The molecular formula is C16H27NO3. The van der Waals surface area contributed by atoms with Gasteiger partial charge >= 0.3 is 0 Å². The van der Waals surface area contributed by atoms with Crippen LogP contribution in [0.5, 0.6) is 11.5 Å². The normalized spacial score (nSPS) is 10.6. The van der Waals surface area contributed by atoms with Crippen molar-refractivity contribution in [2.24, 2.45) is 0 Å². The van der Waals surface area contributed by atoms with Gasteiger partial charge in [0, 0.05) is 19.8 Å². The van der Waals surface area contributed by atoms with Crippen LogP contribution in [0.1, 0.15) is 31.7 Å². The van der Waals surface area contributed by atoms with E-state index in [1.54, 1.807) is 14.2 Å². The molecule has 0 spiro atoms. The molecule has 0 saturated heterocycles. The number of ether oxygens (including phenoxy) is 3. The van der Waals surface area contributed by atoms with Crippen LogP contribution in [-0.2, 0) is 11.3 Å². The molecule has 0 bridgehead atoms. The Morgan fingerprint density at radius 3 is 2.45 bits per heavy atom. The van der Waals surface area contributed by atoms with E-state index in [4.69, 9.17) is 14.2 Å². The van der Waals surface area contributed by atoms with Gasteiger partial charge in [-0.15, -0.1) is 0 Å². The third-order valence-corrected chi connectivity index (χ3v) is 3.06. The molecule has 0 saturated carbocycles. The summed E-state index contributed by atoms with van der Waals surface area (Å²) in [6.45, 7) is 5.68. The molecule has 0 aliphatic carbocycles. The van der Waals surface area contributed by atoms with Crippen molar-refractivity contribution in [3.63, 3.8) is 0 Å². The Balaban J connectivity index is 2.18. The average Bonchev–Trinajstić information content (AvgIpc) is 2.49. The van der Waals surface area contributed by atoms with E-state index in [2.05, 4.69) is 12.2 Å². The van der Waals surface area contributed by atoms with Crippen LogP contribution in [0, 0.1) is 0 Å². The van der Waals surface area contributed by atoms with Crippen LogP contribution in [0.3, 0.4) is 0 Å². The van der Waals surface area contributed by atoms with Gasteiger partial charge in [-0.25, -0.2) is 0 Å². The van der Waals surface area contributed by atoms with E-state index in [9.17, 15) is 0 Å². The second-order valence-corrected chi connectivity index (χ2v) is 4.69. The van der Waals surface area contributed by atoms with Crippen molar-refractivity contribution in [3.05, 3.63) is 23.8 Å². The van der Waals surface area contributed by atoms with E-state index < -0.39 is 0 Å². The van der Waals surface area contributed by atoms with Crippen molar-refractivity contribution >= 4 is 0 Å². The van der Waals surface area contributed by atoms with Gasteiger partial charge in [0.15, 0.2) is 11.5 Å². The molecule has 0 amide bonds. The fourth-order valence-electron chi connectivity index (χ4n) is 1.87. The standard InChI is InChI=1S/C16H27NO3/c1-4-5-10-20-11-6-9-17-13-14-7-8-15(18-2)16(12-14)19-3/h7-8,12,17H,4-6,9-11,13H2,1-3H3. The second-order valence-electron chi connectivity index (χ2n) is 4.69. The molecule has 114 valence electrons. The zero-order valence-corrected chi connectivity index (χ0v) is 12.9. The van der Waals surface area contributed by atoms with Crippen LogP contribution in [0.15, 0.2) is 18.2 Å². The number of benzene rings is 1. The van der Waals surface area contributed by atoms with E-state index in [1.165, 1.54) is 12.0 Å². The molecule has 0 atom stereocenters. The fraction of sp³-hybridized carbons (Fsp3) is 0.625. The van der Waals surface area contributed by atoms with Gasteiger partial charge < -0.3 is 19.5 Å². The summed E-state index contributed by atoms with van der Waals surface area (Å²) in [5.74, 6) is 1.54. The first-order valence-electron chi connectivity index (χ1n) is 7.31. The molecule has 4 heteroatoms. The molecule has 4 nitrogen and oxygen atoms in total. The van der Waals surface area contributed by atoms with Crippen molar-refractivity contribution in [1.82, 2.24) is 5.32 Å². The molecule has 1 N–H and O–H groups in total. The Labute approximate surface area is 122 Å². The van der Waals surface area contributed by atoms with Crippen LogP contribution < -0.4 is 14.8 Å². The monoisotopic (exact) mass is 281 g/mol. The van der Waals surface area contributed by atoms with Gasteiger partial charge in [0.25, 0.3) is 0 Å². The summed E-state index contributed by atoms with van der Waals surface area (Å²) in [6.07, 6.45) is 3.38. The Morgan fingerprint density at radius 1 is 1.00 bits per heavy atom. The smallest absolute Gasteiger partial charge is 0.161 e. The SMILES string of the molecule is CCCCOCCCNCc1ccc(OC)c(OC)c1. The second kappa shape index (κ2) is 10.5. The molecule has 0 heterocycles. The summed E-state index contributed by atoms with van der Waals surface area (Å²) in [5.41, 5.74) is 1.19. The van der Waals surface area contributed by atoms with E-state index in [0.717, 1.165) is 50.6 Å². The van der Waals surface area contributed by atoms with E-state index >= 15 is 0 Å². The molecule has 0 radical (unpaired) electrons. The van der Waals surface area contributed by atoms with Crippen molar-refractivity contribution < 1.29 is 14.2 Å². The molecule has 1 rings (SSSR count). The summed E-state index contributed by atoms with van der Waals surface area (Å²) in [6, 6.07) is 5.99. The van der Waals surface area contributed by atoms with Gasteiger partial charge in [0.05, 0.1) is 14.2 Å². The first-order valence-corrected chi connectivity index (χ1v) is 7.31. The van der Waals surface area contributed by atoms with Gasteiger partial charge in [-0.05, 0) is 37.1 Å². The molecule has 0 fully saturated rings. The van der Waals surface area contributed by atoms with Crippen molar-refractivity contribution in [2.75, 3.05) is 34.0 Å². The van der Waals surface area contributed by atoms with E-state index in [1.807, 2.05) is 18.2 Å². The molecule has 0 aliphatic heterocycles. The Morgan fingerprint density at radius 2 is 1.75 bits per heavy atom. The highest BCUT2D eigenvalue weighted by atomic mass is 16.5. The molecule has 1 aromatic carbocycles. The van der Waals surface area contributed by atoms with Crippen LogP contribution in [0.2, 0.25) is 0 Å². The minimum atomic E-state index is 0.764. The third kappa shape index (κ3) is 6.26. The zero-order chi connectivity index (χ0) is 14.6. The zero-order valence-electron chi connectivity index (χ0n) is 12.9. The number of rotatable bonds is 11. The fourth-order valence-corrected chi connectivity index (χ4v) is 1.87. The number of hydrogen-bond donors (Lipinski definition) is 1. The molecular weight excluding hydrogens is 254 g/mol. The van der Waals surface area contributed by atoms with Crippen LogP contribution in [0.4, 0.5) is 0 Å². The van der Waals surface area contributed by atoms with Crippen LogP contribution in [-0.4, -0.2) is 34.0 Å². The van der Waals surface area contributed by atoms with Crippen molar-refractivity contribution in [1.29, 1.82) is 0 Å². The van der Waals surface area contributed by atoms with Gasteiger partial charge in [-0.1, -0.05) is 19.4 Å². The predicted octanol–water partition coefficient (Wildman–Crippen LogP) is 3.00. The van der Waals surface area contributed by atoms with Gasteiger partial charge in [-0.2, -0.15) is 0 Å². The lowest BCUT2D eigenvalue weighted by Crippen LogP contribution is -2.16. The molecule has 20 heavy (non-hydrogen) atoms. The first-order chi connectivity index (χ1) is 9.81. The molecule has 0 unspecified atom stereocenters. The largest absolute Gasteiger partial charge is 0.493 e. The quantitative estimate of drug-likeness (QED) is 0.633. The van der Waals surface area contributed by atoms with Gasteiger partial charge in [0.1, 0.15) is 0 Å². The summed E-state index contributed by atoms with van der Waals surface area (Å²) in [4.78, 5) is 0. The van der Waals surface area contributed by atoms with Crippen molar-refractivity contribution in [2.45, 2.75) is 32.7 Å². The maximum absolute atomic E-state index is 5.52. The molecule has 0 aromatic heterocycles. The number of methoxy groups -OCH3 is 2. The summed E-state index contributed by atoms with van der Waals surface area (Å²) in [7, 11) is 3.30. The Kier molecular flexibility index (Phi) is 8.83. The third-order valence-electron chi connectivity index (χ3n) is 3.06. The van der Waals surface area contributed by atoms with Crippen molar-refractivity contribution in [3.8, 4) is 11.5 Å². The lowest BCUT2D eigenvalue weighted by atomic mass is 10.2. The summed E-state index contributed by atoms with van der Waals surface area (Å²) >= 11 is 0. The Bertz CT molecular complexity index is 369. The maximum Gasteiger partial charge on any atom is 0.161 e. The predicted molar refractivity (Wildman–Crippen MR) is 81.6 cm³/mol. The maximum atomic E-state index is 5.52. The van der Waals surface area contributed by atoms with E-state index in [-0.39, 0.29) is 0 Å². The highest BCUT2D eigenvalue weighted by molar-refractivity contribution is 5.42. The summed E-state index contributed by atoms with van der Waals surface area (Å²) in [5, 5.41) is 3.40. The number of nitrogens with one attached hydrogen (secondary N) is 1. The van der Waals surface area contributed by atoms with Crippen LogP contribution in [0.25, 0.3) is 0 Å². The average molecular weight is 281 g/mol. The summed E-state index contributed by atoms with van der Waals surface area (Å²) < 4.78 is 16.0. The highest BCUT2D eigenvalue weighted by Gasteiger charge is 2.03. The molecule has 0 aliphatic rings. The minimum Gasteiger partial charge on any atom is -0.493 e. The number of unbranched alkanes of at least 4 members (excludes halogenated alkanes) is 1. The van der Waals surface area contributed by atoms with Gasteiger partial charge in [-0.3, -0.25) is 0 Å². The topological polar surface area (TPSA) is 39.7 Å². The van der Waals surface area contributed by atoms with Crippen LogP contribution >= 0.6 is 0 Å². The lowest BCUT2D eigenvalue weighted by Gasteiger charge is -2.10. The van der Waals surface area contributed by atoms with E-state index in [0.29, 0.717) is 0 Å². The minimum absolute atomic E-state index is 0.764. The first kappa shape index (κ1) is 16.8. The lowest BCUT2D eigenvalue weighted by molar-refractivity contribution is 0.129. The Hall–Kier alpha value is -1.26. The number of hydrogen-bond acceptors (Lipinski definition) is 4.